The van der Waals surface area contributed by atoms with Crippen LogP contribution in [0.5, 0.6) is 0 Å². The minimum atomic E-state index is -3.41. The topological polar surface area (TPSA) is 75.3 Å². The predicted octanol–water partition coefficient (Wildman–Crippen LogP) is 1.16. The van der Waals surface area contributed by atoms with Gasteiger partial charge in [0.15, 0.2) is 0 Å². The van der Waals surface area contributed by atoms with Gasteiger partial charge < -0.3 is 5.32 Å². The normalized spacial score (nSPS) is 11.3. The first kappa shape index (κ1) is 16.6. The number of hydrogen-bond donors (Lipinski definition) is 2. The highest BCUT2D eigenvalue weighted by Gasteiger charge is 2.11. The second-order valence-corrected chi connectivity index (χ2v) is 6.29. The van der Waals surface area contributed by atoms with Crippen molar-refractivity contribution in [2.45, 2.75) is 26.3 Å². The summed E-state index contributed by atoms with van der Waals surface area (Å²) in [6, 6.07) is 6.08. The van der Waals surface area contributed by atoms with E-state index in [1.54, 1.807) is 18.2 Å². The molecule has 1 aromatic carbocycles. The molecule has 2 N–H and O–H groups in total. The Morgan fingerprint density at radius 1 is 1.30 bits per heavy atom. The van der Waals surface area contributed by atoms with Crippen LogP contribution in [0.2, 0.25) is 0 Å². The molecule has 0 aliphatic carbocycles. The zero-order valence-electron chi connectivity index (χ0n) is 11.4. The van der Waals surface area contributed by atoms with Crippen molar-refractivity contribution in [2.24, 2.45) is 0 Å². The van der Waals surface area contributed by atoms with E-state index in [1.165, 1.54) is 6.07 Å². The molecule has 5 nitrogen and oxygen atoms in total. The summed E-state index contributed by atoms with van der Waals surface area (Å²) in [6.07, 6.45) is 1.31. The minimum absolute atomic E-state index is 0.00406. The summed E-state index contributed by atoms with van der Waals surface area (Å²) < 4.78 is 38.4. The maximum atomic E-state index is 13.3. The third-order valence-electron chi connectivity index (χ3n) is 2.65. The van der Waals surface area contributed by atoms with Crippen molar-refractivity contribution in [1.29, 1.82) is 0 Å². The molecule has 1 rings (SSSR count). The molecule has 0 bridgehead atoms. The van der Waals surface area contributed by atoms with Gasteiger partial charge in [0, 0.05) is 12.1 Å². The monoisotopic (exact) mass is 302 g/mol. The molecule has 20 heavy (non-hydrogen) atoms. The Hall–Kier alpha value is -1.47. The Morgan fingerprint density at radius 3 is 2.65 bits per heavy atom. The van der Waals surface area contributed by atoms with Crippen molar-refractivity contribution < 1.29 is 17.6 Å². The molecule has 0 saturated heterocycles. The van der Waals surface area contributed by atoms with Crippen LogP contribution in [-0.2, 0) is 21.4 Å². The SMILES string of the molecule is CCCCS(=O)(=O)NCC(=O)NCc1ccccc1F. The molecule has 1 amide bonds. The van der Waals surface area contributed by atoms with Crippen LogP contribution in [-0.4, -0.2) is 26.6 Å². The minimum Gasteiger partial charge on any atom is -0.351 e. The molecule has 1 aromatic rings. The predicted molar refractivity (Wildman–Crippen MR) is 74.9 cm³/mol. The van der Waals surface area contributed by atoms with Crippen molar-refractivity contribution in [3.63, 3.8) is 0 Å². The number of hydrogen-bond acceptors (Lipinski definition) is 3. The molecule has 0 saturated carbocycles. The molecule has 0 heterocycles. The summed E-state index contributed by atoms with van der Waals surface area (Å²) in [6.45, 7) is 1.58. The average Bonchev–Trinajstić information content (AvgIpc) is 2.42. The second-order valence-electron chi connectivity index (χ2n) is 4.36. The van der Waals surface area contributed by atoms with E-state index in [2.05, 4.69) is 10.0 Å². The zero-order valence-corrected chi connectivity index (χ0v) is 12.2. The second kappa shape index (κ2) is 7.96. The van der Waals surface area contributed by atoms with E-state index in [0.717, 1.165) is 6.42 Å². The smallest absolute Gasteiger partial charge is 0.235 e. The molecule has 0 aromatic heterocycles. The summed E-state index contributed by atoms with van der Waals surface area (Å²) in [5, 5.41) is 2.46. The van der Waals surface area contributed by atoms with Crippen LogP contribution in [0.3, 0.4) is 0 Å². The van der Waals surface area contributed by atoms with Gasteiger partial charge in [-0.25, -0.2) is 17.5 Å². The highest BCUT2D eigenvalue weighted by atomic mass is 32.2. The van der Waals surface area contributed by atoms with Crippen LogP contribution in [0.15, 0.2) is 24.3 Å². The van der Waals surface area contributed by atoms with Crippen molar-refractivity contribution in [3.05, 3.63) is 35.6 Å². The first-order chi connectivity index (χ1) is 9.44. The number of benzene rings is 1. The Balaban J connectivity index is 2.36. The lowest BCUT2D eigenvalue weighted by Gasteiger charge is -2.08. The number of rotatable bonds is 8. The van der Waals surface area contributed by atoms with E-state index in [-0.39, 0.29) is 18.8 Å². The molecule has 0 unspecified atom stereocenters. The van der Waals surface area contributed by atoms with E-state index in [1.807, 2.05) is 6.92 Å². The van der Waals surface area contributed by atoms with Crippen molar-refractivity contribution in [1.82, 2.24) is 10.0 Å². The highest BCUT2D eigenvalue weighted by Crippen LogP contribution is 2.05. The molecule has 0 fully saturated rings. The molecule has 0 aliphatic heterocycles. The van der Waals surface area contributed by atoms with Crippen LogP contribution in [0.1, 0.15) is 25.3 Å². The number of unbranched alkanes of at least 4 members (excludes halogenated alkanes) is 1. The molecule has 7 heteroatoms. The van der Waals surface area contributed by atoms with E-state index in [9.17, 15) is 17.6 Å². The van der Waals surface area contributed by atoms with Crippen LogP contribution in [0.25, 0.3) is 0 Å². The molecule has 0 radical (unpaired) electrons. The van der Waals surface area contributed by atoms with Crippen molar-refractivity contribution >= 4 is 15.9 Å². The summed E-state index contributed by atoms with van der Waals surface area (Å²) in [4.78, 5) is 11.5. The van der Waals surface area contributed by atoms with Crippen molar-refractivity contribution in [2.75, 3.05) is 12.3 Å². The Morgan fingerprint density at radius 2 is 2.00 bits per heavy atom. The van der Waals surface area contributed by atoms with Gasteiger partial charge >= 0.3 is 0 Å². The molecule has 0 aliphatic rings. The van der Waals surface area contributed by atoms with Gasteiger partial charge in [0.05, 0.1) is 12.3 Å². The largest absolute Gasteiger partial charge is 0.351 e. The first-order valence-corrected chi connectivity index (χ1v) is 8.07. The van der Waals surface area contributed by atoms with Crippen LogP contribution in [0, 0.1) is 5.82 Å². The van der Waals surface area contributed by atoms with E-state index < -0.39 is 21.7 Å². The van der Waals surface area contributed by atoms with E-state index >= 15 is 0 Å². The number of nitrogens with one attached hydrogen (secondary N) is 2. The number of carbonyl (C=O) groups is 1. The highest BCUT2D eigenvalue weighted by molar-refractivity contribution is 7.89. The summed E-state index contributed by atoms with van der Waals surface area (Å²) in [5.74, 6) is -0.894. The standard InChI is InChI=1S/C13H19FN2O3S/c1-2-3-8-20(18,19)16-10-13(17)15-9-11-6-4-5-7-12(11)14/h4-7,16H,2-3,8-10H2,1H3,(H,15,17). The number of amides is 1. The zero-order chi connectivity index (χ0) is 15.0. The van der Waals surface area contributed by atoms with Crippen LogP contribution >= 0.6 is 0 Å². The fourth-order valence-corrected chi connectivity index (χ4v) is 2.64. The van der Waals surface area contributed by atoms with Gasteiger partial charge in [-0.2, -0.15) is 0 Å². The maximum absolute atomic E-state index is 13.3. The molecular weight excluding hydrogens is 283 g/mol. The lowest BCUT2D eigenvalue weighted by molar-refractivity contribution is -0.120. The summed E-state index contributed by atoms with van der Waals surface area (Å²) >= 11 is 0. The quantitative estimate of drug-likeness (QED) is 0.756. The molecule has 0 spiro atoms. The Bertz CT molecular complexity index is 546. The molecule has 0 atom stereocenters. The Labute approximate surface area is 118 Å². The number of sulfonamides is 1. The third-order valence-corrected chi connectivity index (χ3v) is 4.06. The first-order valence-electron chi connectivity index (χ1n) is 6.42. The van der Waals surface area contributed by atoms with Gasteiger partial charge in [0.2, 0.25) is 15.9 Å². The van der Waals surface area contributed by atoms with E-state index in [4.69, 9.17) is 0 Å². The lowest BCUT2D eigenvalue weighted by atomic mass is 10.2. The summed E-state index contributed by atoms with van der Waals surface area (Å²) in [7, 11) is -3.41. The molecule has 112 valence electrons. The van der Waals surface area contributed by atoms with Gasteiger partial charge in [-0.15, -0.1) is 0 Å². The van der Waals surface area contributed by atoms with Gasteiger partial charge in [0.25, 0.3) is 0 Å². The van der Waals surface area contributed by atoms with Crippen molar-refractivity contribution in [3.8, 4) is 0 Å². The van der Waals surface area contributed by atoms with Gasteiger partial charge in [-0.3, -0.25) is 4.79 Å². The van der Waals surface area contributed by atoms with Gasteiger partial charge in [-0.05, 0) is 12.5 Å². The lowest BCUT2D eigenvalue weighted by Crippen LogP contribution is -2.37. The fraction of sp³-hybridized carbons (Fsp3) is 0.462. The van der Waals surface area contributed by atoms with Gasteiger partial charge in [-0.1, -0.05) is 31.5 Å². The maximum Gasteiger partial charge on any atom is 0.235 e. The molecular formula is C13H19FN2O3S. The number of halogens is 1. The van der Waals surface area contributed by atoms with Gasteiger partial charge in [0.1, 0.15) is 5.82 Å². The fourth-order valence-electron chi connectivity index (χ4n) is 1.48. The Kier molecular flexibility index (Phi) is 6.60. The van der Waals surface area contributed by atoms with Crippen LogP contribution < -0.4 is 10.0 Å². The van der Waals surface area contributed by atoms with Crippen LogP contribution in [0.4, 0.5) is 4.39 Å². The number of carbonyl (C=O) groups excluding carboxylic acids is 1. The summed E-state index contributed by atoms with van der Waals surface area (Å²) in [5.41, 5.74) is 0.356. The average molecular weight is 302 g/mol. The van der Waals surface area contributed by atoms with E-state index in [0.29, 0.717) is 12.0 Å². The third kappa shape index (κ3) is 6.12.